The van der Waals surface area contributed by atoms with Crippen LogP contribution in [0, 0.1) is 11.8 Å². The Morgan fingerprint density at radius 1 is 1.23 bits per heavy atom. The highest BCUT2D eigenvalue weighted by molar-refractivity contribution is 8.26. The van der Waals surface area contributed by atoms with Crippen molar-refractivity contribution >= 4 is 51.7 Å². The summed E-state index contributed by atoms with van der Waals surface area (Å²) in [6, 6.07) is 5.53. The fourth-order valence-electron chi connectivity index (χ4n) is 4.34. The van der Waals surface area contributed by atoms with Gasteiger partial charge < -0.3 is 4.90 Å². The maximum Gasteiger partial charge on any atom is 0.267 e. The monoisotopic (exact) mass is 442 g/mol. The van der Waals surface area contributed by atoms with Crippen LogP contribution in [0.1, 0.15) is 39.2 Å². The van der Waals surface area contributed by atoms with Crippen LogP contribution in [0.5, 0.6) is 0 Å². The van der Waals surface area contributed by atoms with Crippen molar-refractivity contribution in [2.45, 2.75) is 33.6 Å². The van der Waals surface area contributed by atoms with E-state index in [0.717, 1.165) is 25.9 Å². The molecule has 2 aromatic heterocycles. The molecule has 4 heterocycles. The van der Waals surface area contributed by atoms with Crippen LogP contribution < -0.4 is 10.5 Å². The largest absolute Gasteiger partial charge is 0.355 e. The number of hydrogen-bond donors (Lipinski definition) is 0. The summed E-state index contributed by atoms with van der Waals surface area (Å²) in [7, 11) is 0. The van der Waals surface area contributed by atoms with Crippen molar-refractivity contribution in [1.29, 1.82) is 0 Å². The van der Waals surface area contributed by atoms with Crippen molar-refractivity contribution in [2.75, 3.05) is 24.5 Å². The Labute approximate surface area is 186 Å². The van der Waals surface area contributed by atoms with E-state index >= 15 is 0 Å². The third-order valence-electron chi connectivity index (χ3n) is 5.51. The lowest BCUT2D eigenvalue weighted by Crippen LogP contribution is -2.40. The van der Waals surface area contributed by atoms with Gasteiger partial charge in [-0.1, -0.05) is 50.8 Å². The number of aromatic nitrogens is 2. The smallest absolute Gasteiger partial charge is 0.267 e. The van der Waals surface area contributed by atoms with Gasteiger partial charge in [-0.25, -0.2) is 4.98 Å². The molecule has 2 fully saturated rings. The molecule has 0 bridgehead atoms. The molecular weight excluding hydrogens is 416 g/mol. The van der Waals surface area contributed by atoms with Gasteiger partial charge in [0.05, 0.1) is 10.5 Å². The third kappa shape index (κ3) is 3.90. The first-order chi connectivity index (χ1) is 14.4. The standard InChI is InChI=1S/C22H26N4O2S2/c1-4-8-26-21(28)17(30-22(26)29)11-16-19(24-12-14(2)10-15(3)13-24)23-18-7-5-6-9-25(18)20(16)27/h5-7,9,11,14-15H,4,8,10,12-13H2,1-3H3/b17-11+. The van der Waals surface area contributed by atoms with E-state index in [9.17, 15) is 9.59 Å². The SMILES string of the molecule is CCCN1C(=O)/C(=C\c2c(N3CC(C)CC(C)C3)nc3ccccn3c2=O)SC1=S. The lowest BCUT2D eigenvalue weighted by molar-refractivity contribution is -0.122. The number of hydrogen-bond acceptors (Lipinski definition) is 6. The maximum atomic E-state index is 13.4. The van der Waals surface area contributed by atoms with Crippen molar-refractivity contribution in [3.63, 3.8) is 0 Å². The van der Waals surface area contributed by atoms with Gasteiger partial charge in [-0.2, -0.15) is 0 Å². The molecule has 0 aromatic carbocycles. The topological polar surface area (TPSA) is 57.9 Å². The highest BCUT2D eigenvalue weighted by Crippen LogP contribution is 2.34. The van der Waals surface area contributed by atoms with Gasteiger partial charge in [0.1, 0.15) is 15.8 Å². The number of thioether (sulfide) groups is 1. The number of fused-ring (bicyclic) bond motifs is 1. The predicted molar refractivity (Wildman–Crippen MR) is 127 cm³/mol. The van der Waals surface area contributed by atoms with Gasteiger partial charge in [-0.05, 0) is 42.9 Å². The summed E-state index contributed by atoms with van der Waals surface area (Å²) in [6.45, 7) is 8.75. The number of amides is 1. The van der Waals surface area contributed by atoms with Gasteiger partial charge in [0.25, 0.3) is 11.5 Å². The summed E-state index contributed by atoms with van der Waals surface area (Å²) < 4.78 is 2.09. The van der Waals surface area contributed by atoms with E-state index in [1.165, 1.54) is 11.8 Å². The number of carbonyl (C=O) groups excluding carboxylic acids is 1. The zero-order valence-corrected chi connectivity index (χ0v) is 19.1. The molecular formula is C22H26N4O2S2. The van der Waals surface area contributed by atoms with Gasteiger partial charge in [-0.3, -0.25) is 18.9 Å². The fraction of sp³-hybridized carbons (Fsp3) is 0.455. The Morgan fingerprint density at radius 3 is 2.67 bits per heavy atom. The molecule has 2 aliphatic rings. The molecule has 0 radical (unpaired) electrons. The molecule has 2 unspecified atom stereocenters. The van der Waals surface area contributed by atoms with E-state index in [1.807, 2.05) is 25.1 Å². The molecule has 30 heavy (non-hydrogen) atoms. The second-order valence-electron chi connectivity index (χ2n) is 8.27. The molecule has 6 nitrogen and oxygen atoms in total. The predicted octanol–water partition coefficient (Wildman–Crippen LogP) is 3.79. The summed E-state index contributed by atoms with van der Waals surface area (Å²) in [5.41, 5.74) is 0.901. The lowest BCUT2D eigenvalue weighted by Gasteiger charge is -2.36. The number of rotatable bonds is 4. The molecule has 8 heteroatoms. The average Bonchev–Trinajstić information content (AvgIpc) is 2.97. The highest BCUT2D eigenvalue weighted by atomic mass is 32.2. The Bertz CT molecular complexity index is 1080. The molecule has 158 valence electrons. The number of piperidine rings is 1. The minimum Gasteiger partial charge on any atom is -0.355 e. The first-order valence-corrected chi connectivity index (χ1v) is 11.6. The first kappa shape index (κ1) is 21.1. The zero-order valence-electron chi connectivity index (χ0n) is 17.5. The summed E-state index contributed by atoms with van der Waals surface area (Å²) >= 11 is 6.65. The molecule has 4 rings (SSSR count). The van der Waals surface area contributed by atoms with Crippen LogP contribution >= 0.6 is 24.0 Å². The van der Waals surface area contributed by atoms with Gasteiger partial charge in [0.2, 0.25) is 0 Å². The second kappa shape index (κ2) is 8.51. The minimum absolute atomic E-state index is 0.129. The molecule has 1 amide bonds. The third-order valence-corrected chi connectivity index (χ3v) is 6.89. The molecule has 0 saturated carbocycles. The average molecular weight is 443 g/mol. The van der Waals surface area contributed by atoms with E-state index in [-0.39, 0.29) is 11.5 Å². The maximum absolute atomic E-state index is 13.4. The van der Waals surface area contributed by atoms with Crippen LogP contribution in [0.3, 0.4) is 0 Å². The van der Waals surface area contributed by atoms with Crippen LogP contribution in [0.15, 0.2) is 34.1 Å². The van der Waals surface area contributed by atoms with Gasteiger partial charge in [-0.15, -0.1) is 0 Å². The van der Waals surface area contributed by atoms with Crippen LogP contribution in [0.4, 0.5) is 5.82 Å². The number of pyridine rings is 1. The van der Waals surface area contributed by atoms with Crippen LogP contribution in [0.2, 0.25) is 0 Å². The minimum atomic E-state index is -0.165. The van der Waals surface area contributed by atoms with Crippen molar-refractivity contribution in [2.24, 2.45) is 11.8 Å². The van der Waals surface area contributed by atoms with Gasteiger partial charge >= 0.3 is 0 Å². The molecule has 0 N–H and O–H groups in total. The summed E-state index contributed by atoms with van der Waals surface area (Å²) in [6.07, 6.45) is 5.40. The van der Waals surface area contributed by atoms with Crippen LogP contribution in [-0.2, 0) is 4.79 Å². The van der Waals surface area contributed by atoms with Crippen LogP contribution in [-0.4, -0.2) is 44.1 Å². The Kier molecular flexibility index (Phi) is 5.97. The number of thiocarbonyl (C=S) groups is 1. The zero-order chi connectivity index (χ0) is 21.4. The molecule has 0 spiro atoms. The van der Waals surface area contributed by atoms with E-state index in [1.54, 1.807) is 21.6 Å². The quantitative estimate of drug-likeness (QED) is 0.530. The van der Waals surface area contributed by atoms with E-state index in [4.69, 9.17) is 17.2 Å². The summed E-state index contributed by atoms with van der Waals surface area (Å²) in [4.78, 5) is 35.5. The summed E-state index contributed by atoms with van der Waals surface area (Å²) in [5.74, 6) is 1.56. The summed E-state index contributed by atoms with van der Waals surface area (Å²) in [5, 5.41) is 0. The molecule has 0 aliphatic carbocycles. The highest BCUT2D eigenvalue weighted by Gasteiger charge is 2.33. The van der Waals surface area contributed by atoms with E-state index in [2.05, 4.69) is 18.7 Å². The fourth-order valence-corrected chi connectivity index (χ4v) is 5.63. The van der Waals surface area contributed by atoms with Gasteiger partial charge in [0.15, 0.2) is 0 Å². The van der Waals surface area contributed by atoms with E-state index < -0.39 is 0 Å². The Morgan fingerprint density at radius 2 is 1.97 bits per heavy atom. The molecule has 2 aliphatic heterocycles. The van der Waals surface area contributed by atoms with Gasteiger partial charge in [0, 0.05) is 25.8 Å². The van der Waals surface area contributed by atoms with Crippen molar-refractivity contribution in [1.82, 2.24) is 14.3 Å². The normalized spacial score (nSPS) is 23.8. The van der Waals surface area contributed by atoms with Crippen LogP contribution in [0.25, 0.3) is 11.7 Å². The molecule has 2 aromatic rings. The van der Waals surface area contributed by atoms with Crippen molar-refractivity contribution in [3.05, 3.63) is 45.2 Å². The number of nitrogens with zero attached hydrogens (tertiary/aromatic N) is 4. The second-order valence-corrected chi connectivity index (χ2v) is 9.94. The number of carbonyl (C=O) groups is 1. The lowest BCUT2D eigenvalue weighted by atomic mass is 9.91. The Balaban J connectivity index is 1.86. The van der Waals surface area contributed by atoms with E-state index in [0.29, 0.717) is 44.6 Å². The Hall–Kier alpha value is -2.19. The number of anilines is 1. The molecule has 2 atom stereocenters. The molecule has 2 saturated heterocycles. The first-order valence-electron chi connectivity index (χ1n) is 10.4. The van der Waals surface area contributed by atoms with Crippen molar-refractivity contribution < 1.29 is 4.79 Å². The van der Waals surface area contributed by atoms with Crippen molar-refractivity contribution in [3.8, 4) is 0 Å².